The first-order valence-corrected chi connectivity index (χ1v) is 9.66. The molecule has 0 amide bonds. The van der Waals surface area contributed by atoms with Gasteiger partial charge in [-0.1, -0.05) is 30.3 Å². The summed E-state index contributed by atoms with van der Waals surface area (Å²) in [5.41, 5.74) is 10.4. The van der Waals surface area contributed by atoms with Gasteiger partial charge < -0.3 is 10.3 Å². The lowest BCUT2D eigenvalue weighted by atomic mass is 10.2. The molecule has 4 aromatic heterocycles. The van der Waals surface area contributed by atoms with Crippen molar-refractivity contribution in [2.24, 2.45) is 0 Å². The van der Waals surface area contributed by atoms with Crippen LogP contribution in [0.4, 0.5) is 5.82 Å². The number of hydrogen-bond acceptors (Lipinski definition) is 7. The van der Waals surface area contributed by atoms with Crippen molar-refractivity contribution in [3.8, 4) is 32.4 Å². The highest BCUT2D eigenvalue weighted by Gasteiger charge is 2.21. The Balaban J connectivity index is 1.70. The van der Waals surface area contributed by atoms with Gasteiger partial charge in [-0.3, -0.25) is 4.98 Å². The fourth-order valence-corrected chi connectivity index (χ4v) is 4.37. The minimum absolute atomic E-state index is 0.224. The van der Waals surface area contributed by atoms with Crippen LogP contribution < -0.4 is 5.73 Å². The molecule has 4 heterocycles. The molecule has 8 heteroatoms. The Morgan fingerprint density at radius 1 is 1.04 bits per heavy atom. The molecule has 7 nitrogen and oxygen atoms in total. The number of nitrogens with zero attached hydrogens (tertiary/aromatic N) is 5. The van der Waals surface area contributed by atoms with Gasteiger partial charge in [-0.15, -0.1) is 11.3 Å². The highest BCUT2D eigenvalue weighted by Crippen LogP contribution is 2.38. The number of thiophene rings is 1. The SMILES string of the molecule is CCn1c(-c2nonc2N)nc2cncc(-c3ccc(-c4ccccc4)s3)c21. The number of aromatic nitrogens is 5. The van der Waals surface area contributed by atoms with Crippen molar-refractivity contribution in [1.82, 2.24) is 24.8 Å². The van der Waals surface area contributed by atoms with Crippen LogP contribution in [0.15, 0.2) is 59.5 Å². The van der Waals surface area contributed by atoms with Gasteiger partial charge in [-0.25, -0.2) is 9.61 Å². The summed E-state index contributed by atoms with van der Waals surface area (Å²) in [7, 11) is 0. The summed E-state index contributed by atoms with van der Waals surface area (Å²) < 4.78 is 6.84. The minimum Gasteiger partial charge on any atom is -0.379 e. The third kappa shape index (κ3) is 2.57. The quantitative estimate of drug-likeness (QED) is 0.488. The number of fused-ring (bicyclic) bond motifs is 1. The summed E-state index contributed by atoms with van der Waals surface area (Å²) in [6.07, 6.45) is 3.63. The molecule has 5 aromatic rings. The molecule has 0 saturated heterocycles. The van der Waals surface area contributed by atoms with Crippen LogP contribution in [0.3, 0.4) is 0 Å². The van der Waals surface area contributed by atoms with Gasteiger partial charge in [-0.05, 0) is 34.9 Å². The van der Waals surface area contributed by atoms with E-state index in [1.165, 1.54) is 10.4 Å². The zero-order chi connectivity index (χ0) is 19.1. The number of anilines is 1. The smallest absolute Gasteiger partial charge is 0.199 e. The lowest BCUT2D eigenvalue weighted by molar-refractivity contribution is 0.310. The maximum absolute atomic E-state index is 5.90. The molecular weight excluding hydrogens is 372 g/mol. The Bertz CT molecular complexity index is 1270. The summed E-state index contributed by atoms with van der Waals surface area (Å²) in [6, 6.07) is 14.6. The molecule has 2 N–H and O–H groups in total. The molecule has 0 bridgehead atoms. The number of benzene rings is 1. The summed E-state index contributed by atoms with van der Waals surface area (Å²) >= 11 is 1.73. The molecule has 0 aliphatic heterocycles. The van der Waals surface area contributed by atoms with Gasteiger partial charge in [0.1, 0.15) is 5.52 Å². The van der Waals surface area contributed by atoms with Crippen LogP contribution in [0.5, 0.6) is 0 Å². The molecule has 0 aliphatic rings. The van der Waals surface area contributed by atoms with Gasteiger partial charge >= 0.3 is 0 Å². The first-order valence-electron chi connectivity index (χ1n) is 8.84. The van der Waals surface area contributed by atoms with Crippen LogP contribution in [0.25, 0.3) is 43.4 Å². The standard InChI is InChI=1S/C20H16N6OS/c1-2-26-18-13(16-9-8-15(28-16)12-6-4-3-5-7-12)10-22-11-14(18)23-20(26)17-19(21)25-27-24-17/h3-11H,2H2,1H3,(H2,21,25). The van der Waals surface area contributed by atoms with E-state index in [-0.39, 0.29) is 5.82 Å². The highest BCUT2D eigenvalue weighted by molar-refractivity contribution is 7.18. The Morgan fingerprint density at radius 3 is 2.61 bits per heavy atom. The van der Waals surface area contributed by atoms with Crippen LogP contribution in [-0.2, 0) is 6.54 Å². The van der Waals surface area contributed by atoms with Crippen LogP contribution in [-0.4, -0.2) is 24.8 Å². The number of hydrogen-bond donors (Lipinski definition) is 1. The number of pyridine rings is 1. The summed E-state index contributed by atoms with van der Waals surface area (Å²) in [6.45, 7) is 2.76. The van der Waals surface area contributed by atoms with Crippen molar-refractivity contribution in [1.29, 1.82) is 0 Å². The van der Waals surface area contributed by atoms with E-state index in [0.717, 1.165) is 21.5 Å². The minimum atomic E-state index is 0.224. The average molecular weight is 388 g/mol. The molecular formula is C20H16N6OS. The van der Waals surface area contributed by atoms with Crippen LogP contribution in [0, 0.1) is 0 Å². The third-order valence-corrected chi connectivity index (χ3v) is 5.79. The molecule has 0 atom stereocenters. The van der Waals surface area contributed by atoms with Gasteiger partial charge in [0.05, 0.1) is 11.7 Å². The molecule has 138 valence electrons. The Hall–Kier alpha value is -3.52. The van der Waals surface area contributed by atoms with Crippen molar-refractivity contribution in [2.75, 3.05) is 5.73 Å². The average Bonchev–Trinajstić information content (AvgIpc) is 3.46. The molecule has 5 rings (SSSR count). The van der Waals surface area contributed by atoms with Crippen molar-refractivity contribution in [2.45, 2.75) is 13.5 Å². The predicted molar refractivity (Wildman–Crippen MR) is 110 cm³/mol. The first-order chi connectivity index (χ1) is 13.8. The first kappa shape index (κ1) is 16.6. The molecule has 0 aliphatic carbocycles. The van der Waals surface area contributed by atoms with Crippen molar-refractivity contribution < 1.29 is 4.63 Å². The number of nitrogens with two attached hydrogens (primary N) is 1. The maximum atomic E-state index is 5.90. The van der Waals surface area contributed by atoms with Gasteiger partial charge in [0.25, 0.3) is 0 Å². The number of nitrogen functional groups attached to an aromatic ring is 1. The number of rotatable bonds is 4. The molecule has 0 radical (unpaired) electrons. The van der Waals surface area contributed by atoms with Gasteiger partial charge in [-0.2, -0.15) is 0 Å². The van der Waals surface area contributed by atoms with Gasteiger partial charge in [0.15, 0.2) is 17.3 Å². The lowest BCUT2D eigenvalue weighted by Crippen LogP contribution is -2.00. The zero-order valence-electron chi connectivity index (χ0n) is 15.0. The third-order valence-electron chi connectivity index (χ3n) is 4.62. The fourth-order valence-electron chi connectivity index (χ4n) is 3.35. The summed E-state index contributed by atoms with van der Waals surface area (Å²) in [5.74, 6) is 0.854. The van der Waals surface area contributed by atoms with Gasteiger partial charge in [0, 0.05) is 28.1 Å². The van der Waals surface area contributed by atoms with E-state index in [9.17, 15) is 0 Å². The Labute approximate surface area is 164 Å². The normalized spacial score (nSPS) is 11.3. The second-order valence-corrected chi connectivity index (χ2v) is 7.35. The van der Waals surface area contributed by atoms with E-state index < -0.39 is 0 Å². The van der Waals surface area contributed by atoms with Crippen LogP contribution >= 0.6 is 11.3 Å². The topological polar surface area (TPSA) is 95.7 Å². The molecule has 1 aromatic carbocycles. The van der Waals surface area contributed by atoms with Gasteiger partial charge in [0.2, 0.25) is 0 Å². The Morgan fingerprint density at radius 2 is 1.86 bits per heavy atom. The number of aryl methyl sites for hydroxylation is 1. The summed E-state index contributed by atoms with van der Waals surface area (Å²) in [5, 5.41) is 7.60. The molecule has 28 heavy (non-hydrogen) atoms. The van der Waals surface area contributed by atoms with E-state index in [4.69, 9.17) is 15.3 Å². The lowest BCUT2D eigenvalue weighted by Gasteiger charge is -2.07. The van der Waals surface area contributed by atoms with Crippen LogP contribution in [0.2, 0.25) is 0 Å². The maximum Gasteiger partial charge on any atom is 0.199 e. The van der Waals surface area contributed by atoms with Crippen LogP contribution in [0.1, 0.15) is 6.92 Å². The molecule has 0 saturated carbocycles. The van der Waals surface area contributed by atoms with E-state index in [2.05, 4.69) is 51.1 Å². The predicted octanol–water partition coefficient (Wildman–Crippen LogP) is 4.48. The second kappa shape index (κ2) is 6.58. The number of imidazole rings is 1. The van der Waals surface area contributed by atoms with E-state index in [0.29, 0.717) is 18.1 Å². The molecule has 0 unspecified atom stereocenters. The second-order valence-electron chi connectivity index (χ2n) is 6.26. The molecule has 0 spiro atoms. The van der Waals surface area contributed by atoms with E-state index >= 15 is 0 Å². The highest BCUT2D eigenvalue weighted by atomic mass is 32.1. The summed E-state index contributed by atoms with van der Waals surface area (Å²) in [4.78, 5) is 11.4. The van der Waals surface area contributed by atoms with E-state index in [1.54, 1.807) is 17.5 Å². The monoisotopic (exact) mass is 388 g/mol. The van der Waals surface area contributed by atoms with E-state index in [1.807, 2.05) is 24.4 Å². The Kier molecular flexibility index (Phi) is 3.91. The van der Waals surface area contributed by atoms with Crippen molar-refractivity contribution in [3.05, 3.63) is 54.9 Å². The molecule has 0 fully saturated rings. The zero-order valence-corrected chi connectivity index (χ0v) is 15.8. The van der Waals surface area contributed by atoms with Crippen molar-refractivity contribution >= 4 is 28.2 Å². The largest absolute Gasteiger partial charge is 0.379 e. The fraction of sp³-hybridized carbons (Fsp3) is 0.100. The van der Waals surface area contributed by atoms with Crippen molar-refractivity contribution in [3.63, 3.8) is 0 Å².